The second-order valence-corrected chi connectivity index (χ2v) is 7.34. The zero-order chi connectivity index (χ0) is 19.4. The lowest BCUT2D eigenvalue weighted by atomic mass is 10.0. The minimum Gasteiger partial charge on any atom is -0.368 e. The molecule has 0 amide bonds. The van der Waals surface area contributed by atoms with E-state index in [0.717, 1.165) is 5.56 Å². The second-order valence-electron chi connectivity index (χ2n) is 5.88. The van der Waals surface area contributed by atoms with Crippen molar-refractivity contribution in [1.82, 2.24) is 14.3 Å². The summed E-state index contributed by atoms with van der Waals surface area (Å²) < 4.78 is 29.6. The first-order valence-electron chi connectivity index (χ1n) is 8.68. The van der Waals surface area contributed by atoms with Crippen molar-refractivity contribution in [2.45, 2.75) is 18.7 Å². The Morgan fingerprint density at radius 2 is 1.67 bits per heavy atom. The molecule has 1 aromatic heterocycles. The highest BCUT2D eigenvalue weighted by molar-refractivity contribution is 7.82. The van der Waals surface area contributed by atoms with Crippen LogP contribution in [0.15, 0.2) is 59.8 Å². The average molecular weight is 384 g/mol. The molecule has 1 heterocycles. The summed E-state index contributed by atoms with van der Waals surface area (Å²) in [6, 6.07) is 12.3. The molecule has 27 heavy (non-hydrogen) atoms. The Balaban J connectivity index is 2.02. The molecule has 0 spiro atoms. The number of hydrogen-bond donors (Lipinski definition) is 1. The van der Waals surface area contributed by atoms with Gasteiger partial charge in [-0.25, -0.2) is 22.9 Å². The lowest BCUT2D eigenvalue weighted by Gasteiger charge is -2.19. The number of hydrogen-bond acceptors (Lipinski definition) is 4. The molecule has 0 aliphatic heterocycles. The Bertz CT molecular complexity index is 958. The van der Waals surface area contributed by atoms with Crippen LogP contribution in [0.5, 0.6) is 0 Å². The van der Waals surface area contributed by atoms with Crippen molar-refractivity contribution in [2.24, 2.45) is 0 Å². The maximum atomic E-state index is 14.8. The molecule has 2 aromatic carbocycles. The highest BCUT2D eigenvalue weighted by atomic mass is 32.2. The number of aromatic nitrogens is 2. The van der Waals surface area contributed by atoms with Gasteiger partial charge >= 0.3 is 0 Å². The number of benzene rings is 2. The summed E-state index contributed by atoms with van der Waals surface area (Å²) in [7, 11) is -1.31. The lowest BCUT2D eigenvalue weighted by Crippen LogP contribution is -2.25. The van der Waals surface area contributed by atoms with Crippen LogP contribution in [0.2, 0.25) is 0 Å². The van der Waals surface area contributed by atoms with Crippen molar-refractivity contribution in [3.63, 3.8) is 0 Å². The van der Waals surface area contributed by atoms with Crippen LogP contribution in [-0.2, 0) is 11.0 Å². The van der Waals surface area contributed by atoms with Gasteiger partial charge in [0.15, 0.2) is 0 Å². The van der Waals surface area contributed by atoms with Crippen LogP contribution < -0.4 is 5.73 Å². The van der Waals surface area contributed by atoms with Gasteiger partial charge in [-0.15, -0.1) is 0 Å². The Morgan fingerprint density at radius 1 is 1.00 bits per heavy atom. The number of nitrogens with zero attached hydrogens (tertiary/aromatic N) is 3. The van der Waals surface area contributed by atoms with Gasteiger partial charge in [0.25, 0.3) is 0 Å². The largest absolute Gasteiger partial charge is 0.368 e. The van der Waals surface area contributed by atoms with E-state index < -0.39 is 16.8 Å². The van der Waals surface area contributed by atoms with E-state index in [1.807, 2.05) is 48.5 Å². The van der Waals surface area contributed by atoms with Gasteiger partial charge in [0, 0.05) is 36.6 Å². The van der Waals surface area contributed by atoms with Crippen LogP contribution in [0.1, 0.15) is 13.8 Å². The number of nitrogen functional groups attached to an aromatic ring is 1. The summed E-state index contributed by atoms with van der Waals surface area (Å²) in [4.78, 5) is 8.48. The van der Waals surface area contributed by atoms with Crippen LogP contribution in [0.4, 0.5) is 10.3 Å². The molecule has 5 nitrogen and oxygen atoms in total. The van der Waals surface area contributed by atoms with Crippen molar-refractivity contribution in [1.29, 1.82) is 0 Å². The van der Waals surface area contributed by atoms with E-state index in [2.05, 4.69) is 9.97 Å². The molecule has 0 bridgehead atoms. The number of rotatable bonds is 6. The first-order valence-corrected chi connectivity index (χ1v) is 9.79. The second kappa shape index (κ2) is 8.37. The Hall–Kier alpha value is -2.64. The SMILES string of the molecule is CCN(CC)S(=O)c1ccccc1-c1ccc(-c2cnc(N)nc2)c(F)c1. The van der Waals surface area contributed by atoms with Gasteiger partial charge in [-0.1, -0.05) is 44.2 Å². The summed E-state index contributed by atoms with van der Waals surface area (Å²) >= 11 is 0. The molecule has 0 fully saturated rings. The minimum absolute atomic E-state index is 0.142. The third-order valence-electron chi connectivity index (χ3n) is 4.28. The van der Waals surface area contributed by atoms with E-state index >= 15 is 0 Å². The minimum atomic E-state index is -1.31. The molecule has 0 saturated carbocycles. The summed E-state index contributed by atoms with van der Waals surface area (Å²) in [5.74, 6) is -0.257. The molecule has 0 aliphatic rings. The van der Waals surface area contributed by atoms with Gasteiger partial charge in [-0.2, -0.15) is 0 Å². The first-order chi connectivity index (χ1) is 13.0. The fourth-order valence-corrected chi connectivity index (χ4v) is 4.16. The average Bonchev–Trinajstić information content (AvgIpc) is 2.69. The molecular weight excluding hydrogens is 363 g/mol. The van der Waals surface area contributed by atoms with Crippen molar-refractivity contribution in [3.05, 3.63) is 60.7 Å². The van der Waals surface area contributed by atoms with E-state index in [9.17, 15) is 8.60 Å². The standard InChI is InChI=1S/C20H21FN4OS/c1-3-25(4-2)27(26)19-8-6-5-7-17(19)14-9-10-16(18(21)11-14)15-12-23-20(22)24-13-15/h5-13H,3-4H2,1-2H3,(H2,22,23,24). The fourth-order valence-electron chi connectivity index (χ4n) is 2.85. The molecule has 1 atom stereocenters. The number of anilines is 1. The molecule has 1 unspecified atom stereocenters. The Labute approximate surface area is 160 Å². The third-order valence-corrected chi connectivity index (χ3v) is 6.00. The monoisotopic (exact) mass is 384 g/mol. The van der Waals surface area contributed by atoms with E-state index in [0.29, 0.717) is 34.7 Å². The van der Waals surface area contributed by atoms with Gasteiger partial charge in [0.2, 0.25) is 5.95 Å². The predicted octanol–water partition coefficient (Wildman–Crippen LogP) is 3.90. The van der Waals surface area contributed by atoms with Crippen LogP contribution >= 0.6 is 0 Å². The van der Waals surface area contributed by atoms with Crippen molar-refractivity contribution in [2.75, 3.05) is 18.8 Å². The highest BCUT2D eigenvalue weighted by Gasteiger charge is 2.17. The van der Waals surface area contributed by atoms with E-state index in [-0.39, 0.29) is 5.95 Å². The van der Waals surface area contributed by atoms with Crippen LogP contribution in [0.3, 0.4) is 0 Å². The fraction of sp³-hybridized carbons (Fsp3) is 0.200. The molecule has 7 heteroatoms. The quantitative estimate of drug-likeness (QED) is 0.700. The number of halogens is 1. The lowest BCUT2D eigenvalue weighted by molar-refractivity contribution is 0.489. The van der Waals surface area contributed by atoms with Gasteiger partial charge in [-0.05, 0) is 23.3 Å². The molecular formula is C20H21FN4OS. The summed E-state index contributed by atoms with van der Waals surface area (Å²) in [6.07, 6.45) is 2.98. The summed E-state index contributed by atoms with van der Waals surface area (Å²) in [5, 5.41) is 0. The zero-order valence-electron chi connectivity index (χ0n) is 15.2. The number of nitrogens with two attached hydrogens (primary N) is 1. The van der Waals surface area contributed by atoms with Crippen LogP contribution in [-0.4, -0.2) is 31.6 Å². The highest BCUT2D eigenvalue weighted by Crippen LogP contribution is 2.31. The van der Waals surface area contributed by atoms with Crippen LogP contribution in [0, 0.1) is 5.82 Å². The molecule has 0 saturated heterocycles. The van der Waals surface area contributed by atoms with Gasteiger partial charge in [-0.3, -0.25) is 0 Å². The topological polar surface area (TPSA) is 72.1 Å². The predicted molar refractivity (Wildman–Crippen MR) is 107 cm³/mol. The molecule has 3 rings (SSSR count). The van der Waals surface area contributed by atoms with Crippen molar-refractivity contribution in [3.8, 4) is 22.3 Å². The zero-order valence-corrected chi connectivity index (χ0v) is 16.0. The third kappa shape index (κ3) is 4.04. The summed E-state index contributed by atoms with van der Waals surface area (Å²) in [5.41, 5.74) is 7.85. The molecule has 0 aliphatic carbocycles. The molecule has 2 N–H and O–H groups in total. The van der Waals surface area contributed by atoms with Gasteiger partial charge in [0.05, 0.1) is 4.90 Å². The Morgan fingerprint density at radius 3 is 2.30 bits per heavy atom. The smallest absolute Gasteiger partial charge is 0.219 e. The first kappa shape index (κ1) is 19.1. The molecule has 140 valence electrons. The van der Waals surface area contributed by atoms with Gasteiger partial charge < -0.3 is 5.73 Å². The summed E-state index contributed by atoms with van der Waals surface area (Å²) in [6.45, 7) is 5.27. The Kier molecular flexibility index (Phi) is 5.93. The van der Waals surface area contributed by atoms with E-state index in [1.54, 1.807) is 6.07 Å². The van der Waals surface area contributed by atoms with Crippen molar-refractivity contribution < 1.29 is 8.60 Å². The molecule has 0 radical (unpaired) electrons. The normalized spacial score (nSPS) is 12.3. The van der Waals surface area contributed by atoms with E-state index in [4.69, 9.17) is 5.73 Å². The van der Waals surface area contributed by atoms with Crippen LogP contribution in [0.25, 0.3) is 22.3 Å². The van der Waals surface area contributed by atoms with Crippen molar-refractivity contribution >= 4 is 16.9 Å². The van der Waals surface area contributed by atoms with Gasteiger partial charge in [0.1, 0.15) is 16.8 Å². The molecule has 3 aromatic rings. The van der Waals surface area contributed by atoms with E-state index in [1.165, 1.54) is 18.5 Å². The maximum absolute atomic E-state index is 14.8. The maximum Gasteiger partial charge on any atom is 0.219 e.